The van der Waals surface area contributed by atoms with E-state index in [-0.39, 0.29) is 0 Å². The van der Waals surface area contributed by atoms with Crippen LogP contribution in [0.2, 0.25) is 0 Å². The third-order valence-electron chi connectivity index (χ3n) is 3.77. The molecule has 0 bridgehead atoms. The first kappa shape index (κ1) is 13.9. The van der Waals surface area contributed by atoms with E-state index in [4.69, 9.17) is 0 Å². The predicted octanol–water partition coefficient (Wildman–Crippen LogP) is 1.63. The fourth-order valence-corrected chi connectivity index (χ4v) is 2.98. The summed E-state index contributed by atoms with van der Waals surface area (Å²) in [5.41, 5.74) is 5.90. The standard InChI is InChI=1S/C16H17BN2O2/c1-10-7-11(2)16(12(3)8-10)19-15-6-4-5-14(17(20)21)13(15)9-18-19/h4-9,20-21H,1-3H3. The van der Waals surface area contributed by atoms with Gasteiger partial charge in [-0.25, -0.2) is 4.68 Å². The van der Waals surface area contributed by atoms with Gasteiger partial charge in [-0.3, -0.25) is 0 Å². The van der Waals surface area contributed by atoms with E-state index in [1.165, 1.54) is 5.56 Å². The molecular formula is C16H17BN2O2. The Morgan fingerprint density at radius 2 is 1.71 bits per heavy atom. The van der Waals surface area contributed by atoms with Crippen molar-refractivity contribution in [1.82, 2.24) is 9.78 Å². The summed E-state index contributed by atoms with van der Waals surface area (Å²) >= 11 is 0. The van der Waals surface area contributed by atoms with Gasteiger partial charge in [0.15, 0.2) is 0 Å². The minimum absolute atomic E-state index is 0.473. The lowest BCUT2D eigenvalue weighted by atomic mass is 9.78. The summed E-state index contributed by atoms with van der Waals surface area (Å²) in [7, 11) is -1.49. The molecule has 4 nitrogen and oxygen atoms in total. The molecule has 0 unspecified atom stereocenters. The second kappa shape index (κ2) is 5.02. The maximum atomic E-state index is 9.47. The third-order valence-corrected chi connectivity index (χ3v) is 3.77. The van der Waals surface area contributed by atoms with E-state index >= 15 is 0 Å². The Bertz CT molecular complexity index is 801. The molecule has 21 heavy (non-hydrogen) atoms. The molecule has 0 radical (unpaired) electrons. The summed E-state index contributed by atoms with van der Waals surface area (Å²) in [5.74, 6) is 0. The average Bonchev–Trinajstić information content (AvgIpc) is 2.81. The second-order valence-electron chi connectivity index (χ2n) is 5.46. The molecule has 0 saturated carbocycles. The molecule has 0 fully saturated rings. The van der Waals surface area contributed by atoms with E-state index in [0.29, 0.717) is 5.46 Å². The van der Waals surface area contributed by atoms with Crippen LogP contribution in [0, 0.1) is 20.8 Å². The van der Waals surface area contributed by atoms with Gasteiger partial charge in [-0.05, 0) is 43.4 Å². The SMILES string of the molecule is Cc1cc(C)c(-n2ncc3c(B(O)O)cccc32)c(C)c1. The molecule has 0 amide bonds. The molecule has 3 rings (SSSR count). The van der Waals surface area contributed by atoms with E-state index < -0.39 is 7.12 Å². The van der Waals surface area contributed by atoms with Crippen LogP contribution in [-0.2, 0) is 0 Å². The Hall–Kier alpha value is -2.11. The largest absolute Gasteiger partial charge is 0.489 e. The average molecular weight is 280 g/mol. The number of rotatable bonds is 2. The van der Waals surface area contributed by atoms with E-state index in [9.17, 15) is 10.0 Å². The highest BCUT2D eigenvalue weighted by atomic mass is 16.4. The molecule has 2 aromatic carbocycles. The molecule has 0 atom stereocenters. The van der Waals surface area contributed by atoms with Crippen LogP contribution < -0.4 is 5.46 Å². The summed E-state index contributed by atoms with van der Waals surface area (Å²) in [5, 5.41) is 24.1. The van der Waals surface area contributed by atoms with Crippen molar-refractivity contribution < 1.29 is 10.0 Å². The summed E-state index contributed by atoms with van der Waals surface area (Å²) in [6.07, 6.45) is 1.68. The third kappa shape index (κ3) is 2.24. The minimum Gasteiger partial charge on any atom is -0.423 e. The zero-order valence-corrected chi connectivity index (χ0v) is 12.3. The van der Waals surface area contributed by atoms with Gasteiger partial charge in [-0.15, -0.1) is 0 Å². The van der Waals surface area contributed by atoms with Crippen LogP contribution in [0.25, 0.3) is 16.6 Å². The molecule has 0 aliphatic rings. The molecule has 2 N–H and O–H groups in total. The Labute approximate surface area is 123 Å². The lowest BCUT2D eigenvalue weighted by Gasteiger charge is -2.12. The Kier molecular flexibility index (Phi) is 3.31. The Morgan fingerprint density at radius 1 is 1.05 bits per heavy atom. The van der Waals surface area contributed by atoms with Gasteiger partial charge >= 0.3 is 7.12 Å². The number of aromatic nitrogens is 2. The van der Waals surface area contributed by atoms with Crippen molar-refractivity contribution in [3.8, 4) is 5.69 Å². The van der Waals surface area contributed by atoms with Crippen LogP contribution in [0.5, 0.6) is 0 Å². The fourth-order valence-electron chi connectivity index (χ4n) is 2.98. The van der Waals surface area contributed by atoms with Crippen LogP contribution in [-0.4, -0.2) is 26.9 Å². The van der Waals surface area contributed by atoms with Gasteiger partial charge in [0, 0.05) is 5.39 Å². The maximum Gasteiger partial charge on any atom is 0.489 e. The molecule has 0 saturated heterocycles. The Balaban J connectivity index is 2.30. The van der Waals surface area contributed by atoms with Crippen molar-refractivity contribution in [1.29, 1.82) is 0 Å². The monoisotopic (exact) mass is 280 g/mol. The molecule has 5 heteroatoms. The van der Waals surface area contributed by atoms with E-state index in [0.717, 1.165) is 27.7 Å². The first-order valence-electron chi connectivity index (χ1n) is 6.90. The van der Waals surface area contributed by atoms with E-state index in [1.807, 2.05) is 16.8 Å². The normalized spacial score (nSPS) is 11.1. The van der Waals surface area contributed by atoms with Gasteiger partial charge in [-0.2, -0.15) is 5.10 Å². The Morgan fingerprint density at radius 3 is 2.33 bits per heavy atom. The summed E-state index contributed by atoms with van der Waals surface area (Å²) < 4.78 is 1.87. The van der Waals surface area contributed by atoms with Crippen LogP contribution in [0.15, 0.2) is 36.5 Å². The van der Waals surface area contributed by atoms with E-state index in [1.54, 1.807) is 12.3 Å². The quantitative estimate of drug-likeness (QED) is 0.701. The molecule has 3 aromatic rings. The van der Waals surface area contributed by atoms with Crippen molar-refractivity contribution in [2.45, 2.75) is 20.8 Å². The number of hydrogen-bond donors (Lipinski definition) is 2. The fraction of sp³-hybridized carbons (Fsp3) is 0.188. The minimum atomic E-state index is -1.49. The molecule has 1 heterocycles. The first-order valence-corrected chi connectivity index (χ1v) is 6.90. The molecule has 0 aliphatic carbocycles. The van der Waals surface area contributed by atoms with Crippen LogP contribution >= 0.6 is 0 Å². The number of hydrogen-bond acceptors (Lipinski definition) is 3. The van der Waals surface area contributed by atoms with E-state index in [2.05, 4.69) is 38.0 Å². The summed E-state index contributed by atoms with van der Waals surface area (Å²) in [6.45, 7) is 6.20. The predicted molar refractivity (Wildman–Crippen MR) is 85.1 cm³/mol. The van der Waals surface area contributed by atoms with Crippen LogP contribution in [0.1, 0.15) is 16.7 Å². The van der Waals surface area contributed by atoms with Gasteiger partial charge in [0.2, 0.25) is 0 Å². The smallest absolute Gasteiger partial charge is 0.423 e. The molecule has 0 spiro atoms. The highest BCUT2D eigenvalue weighted by Crippen LogP contribution is 2.24. The molecular weight excluding hydrogens is 263 g/mol. The zero-order chi connectivity index (χ0) is 15.1. The van der Waals surface area contributed by atoms with Gasteiger partial charge in [0.1, 0.15) is 0 Å². The van der Waals surface area contributed by atoms with Gasteiger partial charge in [0.05, 0.1) is 17.4 Å². The number of benzene rings is 2. The lowest BCUT2D eigenvalue weighted by Crippen LogP contribution is -2.30. The number of fused-ring (bicyclic) bond motifs is 1. The van der Waals surface area contributed by atoms with Crippen molar-refractivity contribution in [3.63, 3.8) is 0 Å². The summed E-state index contributed by atoms with van der Waals surface area (Å²) in [4.78, 5) is 0. The van der Waals surface area contributed by atoms with Crippen molar-refractivity contribution in [2.75, 3.05) is 0 Å². The van der Waals surface area contributed by atoms with Crippen LogP contribution in [0.3, 0.4) is 0 Å². The highest BCUT2D eigenvalue weighted by Gasteiger charge is 2.18. The molecule has 1 aromatic heterocycles. The highest BCUT2D eigenvalue weighted by molar-refractivity contribution is 6.61. The molecule has 106 valence electrons. The summed E-state index contributed by atoms with van der Waals surface area (Å²) in [6, 6.07) is 9.70. The van der Waals surface area contributed by atoms with Gasteiger partial charge in [-0.1, -0.05) is 29.8 Å². The second-order valence-corrected chi connectivity index (χ2v) is 5.46. The lowest BCUT2D eigenvalue weighted by molar-refractivity contribution is 0.426. The zero-order valence-electron chi connectivity index (χ0n) is 12.3. The first-order chi connectivity index (χ1) is 9.99. The number of aryl methyl sites for hydroxylation is 3. The van der Waals surface area contributed by atoms with Crippen molar-refractivity contribution >= 4 is 23.5 Å². The van der Waals surface area contributed by atoms with Crippen LogP contribution in [0.4, 0.5) is 0 Å². The molecule has 0 aliphatic heterocycles. The van der Waals surface area contributed by atoms with Gasteiger partial charge < -0.3 is 10.0 Å². The van der Waals surface area contributed by atoms with Gasteiger partial charge in [0.25, 0.3) is 0 Å². The maximum absolute atomic E-state index is 9.47. The topological polar surface area (TPSA) is 58.3 Å². The van der Waals surface area contributed by atoms with Crippen molar-refractivity contribution in [2.24, 2.45) is 0 Å². The van der Waals surface area contributed by atoms with Crippen molar-refractivity contribution in [3.05, 3.63) is 53.2 Å². The number of nitrogens with zero attached hydrogens (tertiary/aromatic N) is 2.